The van der Waals surface area contributed by atoms with Crippen LogP contribution in [0.5, 0.6) is 5.88 Å². The fourth-order valence-corrected chi connectivity index (χ4v) is 8.28. The smallest absolute Gasteiger partial charge is 0.310 e. The number of carboxylic acid groups (broad SMARTS) is 1. The van der Waals surface area contributed by atoms with Crippen LogP contribution in [0.15, 0.2) is 47.6 Å². The summed E-state index contributed by atoms with van der Waals surface area (Å²) in [6, 6.07) is 8.72. The first kappa shape index (κ1) is 32.9. The van der Waals surface area contributed by atoms with E-state index in [9.17, 15) is 27.1 Å². The Morgan fingerprint density at radius 2 is 1.83 bits per heavy atom. The van der Waals surface area contributed by atoms with E-state index in [0.717, 1.165) is 5.56 Å². The number of rotatable bonds is 7. The van der Waals surface area contributed by atoms with Gasteiger partial charge in [-0.2, -0.15) is 4.31 Å². The van der Waals surface area contributed by atoms with E-state index in [-0.39, 0.29) is 29.5 Å². The van der Waals surface area contributed by atoms with Gasteiger partial charge < -0.3 is 14.6 Å². The lowest BCUT2D eigenvalue weighted by molar-refractivity contribution is -0.147. The summed E-state index contributed by atoms with van der Waals surface area (Å²) in [4.78, 5) is 17.1. The van der Waals surface area contributed by atoms with Gasteiger partial charge in [-0.25, -0.2) is 22.2 Å². The number of sulfonamides is 1. The quantitative estimate of drug-likeness (QED) is 0.276. The molecule has 1 N–H and O–H groups in total. The first-order chi connectivity index (χ1) is 22.1. The number of benzene rings is 1. The Bertz CT molecular complexity index is 1970. The van der Waals surface area contributed by atoms with Gasteiger partial charge in [0.1, 0.15) is 10.5 Å². The zero-order chi connectivity index (χ0) is 33.9. The molecule has 1 fully saturated rings. The summed E-state index contributed by atoms with van der Waals surface area (Å²) >= 11 is 0. The van der Waals surface area contributed by atoms with Crippen molar-refractivity contribution in [1.29, 1.82) is 0 Å². The van der Waals surface area contributed by atoms with Crippen LogP contribution in [0.4, 0.5) is 8.78 Å². The third-order valence-corrected chi connectivity index (χ3v) is 11.3. The molecule has 250 valence electrons. The van der Waals surface area contributed by atoms with Crippen molar-refractivity contribution in [2.24, 2.45) is 5.41 Å². The summed E-state index contributed by atoms with van der Waals surface area (Å²) < 4.78 is 70.3. The number of nitrogens with zero attached hydrogens (tertiary/aromatic N) is 5. The monoisotopic (exact) mass is 669 g/mol. The molecule has 0 aliphatic carbocycles. The van der Waals surface area contributed by atoms with Crippen LogP contribution in [0.3, 0.4) is 0 Å². The molecule has 1 spiro atoms. The lowest BCUT2D eigenvalue weighted by Crippen LogP contribution is -2.50. The first-order valence-electron chi connectivity index (χ1n) is 15.3. The van der Waals surface area contributed by atoms with Crippen LogP contribution in [0.1, 0.15) is 78.2 Å². The third-order valence-electron chi connectivity index (χ3n) is 9.48. The molecule has 47 heavy (non-hydrogen) atoms. The van der Waals surface area contributed by atoms with Crippen LogP contribution in [0, 0.1) is 26.2 Å². The maximum atomic E-state index is 14.3. The summed E-state index contributed by atoms with van der Waals surface area (Å²) in [5.74, 6) is -2.25. The molecule has 6 rings (SSSR count). The Morgan fingerprint density at radius 3 is 2.51 bits per heavy atom. The number of aromatic nitrogens is 4. The second kappa shape index (κ2) is 11.9. The Balaban J connectivity index is 1.46. The number of hydrogen-bond donors (Lipinski definition) is 1. The zero-order valence-corrected chi connectivity index (χ0v) is 27.6. The molecule has 1 aromatic carbocycles. The predicted molar refractivity (Wildman–Crippen MR) is 167 cm³/mol. The minimum Gasteiger partial charge on any atom is -0.481 e. The maximum Gasteiger partial charge on any atom is 0.310 e. The topological polar surface area (TPSA) is 136 Å². The van der Waals surface area contributed by atoms with Gasteiger partial charge in [0, 0.05) is 37.7 Å². The van der Waals surface area contributed by atoms with E-state index in [1.54, 1.807) is 46.0 Å². The number of fused-ring (bicyclic) bond motifs is 2. The molecular weight excluding hydrogens is 632 g/mol. The largest absolute Gasteiger partial charge is 0.481 e. The number of hydrogen-bond acceptors (Lipinski definition) is 8. The van der Waals surface area contributed by atoms with Gasteiger partial charge in [-0.3, -0.25) is 9.20 Å². The van der Waals surface area contributed by atoms with Gasteiger partial charge in [-0.1, -0.05) is 18.2 Å². The van der Waals surface area contributed by atoms with Crippen molar-refractivity contribution in [1.82, 2.24) is 23.9 Å². The van der Waals surface area contributed by atoms with Crippen LogP contribution in [-0.2, 0) is 26.1 Å². The van der Waals surface area contributed by atoms with Gasteiger partial charge in [0.05, 0.1) is 25.2 Å². The van der Waals surface area contributed by atoms with Gasteiger partial charge in [0.15, 0.2) is 5.65 Å². The Kier molecular flexibility index (Phi) is 8.33. The standard InChI is InChI=1S/C33H37F2N5O6S/c1-19-14-25-30(36-16-19)46-33(9-12-45-13-10-33)18-39(47(25,43)44)17-23-15-22(7-6-20(23)2)26(32(4,5)31(41)42)24-8-11-40-28(21(24)3)37-38-29(40)27(34)35/h6-8,11,14-16,26-27H,9-10,12-13,17-18H2,1-5H3,(H,41,42)/t26-/m1/s1. The summed E-state index contributed by atoms with van der Waals surface area (Å²) in [6.07, 6.45) is 1.15. The molecule has 0 saturated carbocycles. The van der Waals surface area contributed by atoms with E-state index in [0.29, 0.717) is 53.9 Å². The van der Waals surface area contributed by atoms with E-state index in [2.05, 4.69) is 15.2 Å². The van der Waals surface area contributed by atoms with Crippen LogP contribution >= 0.6 is 0 Å². The molecule has 11 nitrogen and oxygen atoms in total. The van der Waals surface area contributed by atoms with Crippen molar-refractivity contribution in [2.45, 2.75) is 76.8 Å². The van der Waals surface area contributed by atoms with Crippen LogP contribution in [-0.4, -0.2) is 68.7 Å². The highest BCUT2D eigenvalue weighted by Gasteiger charge is 2.46. The van der Waals surface area contributed by atoms with Crippen molar-refractivity contribution in [2.75, 3.05) is 19.8 Å². The Labute approximate surface area is 271 Å². The van der Waals surface area contributed by atoms with Crippen LogP contribution in [0.25, 0.3) is 5.65 Å². The van der Waals surface area contributed by atoms with Crippen molar-refractivity contribution in [3.8, 4) is 5.88 Å². The fourth-order valence-electron chi connectivity index (χ4n) is 6.63. The lowest BCUT2D eigenvalue weighted by atomic mass is 9.70. The molecule has 4 aromatic rings. The molecule has 1 atom stereocenters. The molecular formula is C33H37F2N5O6S. The highest BCUT2D eigenvalue weighted by Crippen LogP contribution is 2.44. The predicted octanol–water partition coefficient (Wildman–Crippen LogP) is 5.36. The summed E-state index contributed by atoms with van der Waals surface area (Å²) in [6.45, 7) is 9.49. The number of aliphatic carboxylic acids is 1. The van der Waals surface area contributed by atoms with E-state index < -0.39 is 45.2 Å². The van der Waals surface area contributed by atoms with E-state index in [1.165, 1.54) is 14.9 Å². The second-order valence-electron chi connectivity index (χ2n) is 13.1. The van der Waals surface area contributed by atoms with Crippen molar-refractivity contribution in [3.63, 3.8) is 0 Å². The first-order valence-corrected chi connectivity index (χ1v) is 16.8. The minimum atomic E-state index is -4.06. The SMILES string of the molecule is Cc1cnc2c(c1)S(=O)(=O)N(Cc1cc([C@H](c3ccn4c(C(F)F)nnc4c3C)C(C)(C)C(=O)O)ccc1C)CC1(CCOCC1)O2. The molecule has 0 amide bonds. The number of carbonyl (C=O) groups is 1. The van der Waals surface area contributed by atoms with Crippen molar-refractivity contribution >= 4 is 21.6 Å². The van der Waals surface area contributed by atoms with Gasteiger partial charge in [0.25, 0.3) is 6.43 Å². The fraction of sp³-hybridized carbons (Fsp3) is 0.455. The molecule has 0 radical (unpaired) electrons. The Morgan fingerprint density at radius 1 is 1.11 bits per heavy atom. The van der Waals surface area contributed by atoms with Gasteiger partial charge >= 0.3 is 5.97 Å². The number of carboxylic acids is 1. The molecule has 5 heterocycles. The van der Waals surface area contributed by atoms with Crippen molar-refractivity contribution in [3.05, 3.63) is 81.9 Å². The molecule has 0 bridgehead atoms. The van der Waals surface area contributed by atoms with Crippen LogP contribution < -0.4 is 4.74 Å². The van der Waals surface area contributed by atoms with Gasteiger partial charge in [0.2, 0.25) is 21.7 Å². The average Bonchev–Trinajstić information content (AvgIpc) is 3.43. The second-order valence-corrected chi connectivity index (χ2v) is 15.0. The summed E-state index contributed by atoms with van der Waals surface area (Å²) in [5.41, 5.74) is 1.91. The number of ether oxygens (including phenoxy) is 2. The van der Waals surface area contributed by atoms with Crippen LogP contribution in [0.2, 0.25) is 0 Å². The molecule has 2 aliphatic heterocycles. The van der Waals surface area contributed by atoms with Gasteiger partial charge in [-0.15, -0.1) is 10.2 Å². The third kappa shape index (κ3) is 5.76. The normalized spacial score (nSPS) is 18.6. The zero-order valence-electron chi connectivity index (χ0n) is 26.8. The number of aryl methyl sites for hydroxylation is 3. The Hall–Kier alpha value is -4.01. The highest BCUT2D eigenvalue weighted by molar-refractivity contribution is 7.89. The average molecular weight is 670 g/mol. The highest BCUT2D eigenvalue weighted by atomic mass is 32.2. The van der Waals surface area contributed by atoms with Gasteiger partial charge in [-0.05, 0) is 80.1 Å². The number of alkyl halides is 2. The number of halogens is 2. The molecule has 1 saturated heterocycles. The summed E-state index contributed by atoms with van der Waals surface area (Å²) in [7, 11) is -4.06. The molecule has 3 aromatic heterocycles. The summed E-state index contributed by atoms with van der Waals surface area (Å²) in [5, 5.41) is 18.1. The molecule has 14 heteroatoms. The van der Waals surface area contributed by atoms with E-state index in [1.807, 2.05) is 25.1 Å². The minimum absolute atomic E-state index is 0.0000341. The molecule has 2 aliphatic rings. The number of pyridine rings is 2. The van der Waals surface area contributed by atoms with E-state index in [4.69, 9.17) is 9.47 Å². The lowest BCUT2D eigenvalue weighted by Gasteiger charge is -2.38. The molecule has 0 unspecified atom stereocenters. The maximum absolute atomic E-state index is 14.3. The van der Waals surface area contributed by atoms with Crippen molar-refractivity contribution < 1.29 is 36.6 Å². The van der Waals surface area contributed by atoms with E-state index >= 15 is 0 Å².